The van der Waals surface area contributed by atoms with E-state index in [1.54, 1.807) is 14.2 Å². The minimum absolute atomic E-state index is 0.0515. The number of thioether (sulfide) groups is 1. The third-order valence-electron chi connectivity index (χ3n) is 5.85. The number of rotatable bonds is 10. The molecule has 1 aliphatic carbocycles. The second-order valence-corrected chi connectivity index (χ2v) is 9.91. The van der Waals surface area contributed by atoms with Gasteiger partial charge < -0.3 is 15.0 Å². The van der Waals surface area contributed by atoms with Crippen molar-refractivity contribution >= 4 is 23.6 Å². The average Bonchev–Trinajstić information content (AvgIpc) is 3.57. The summed E-state index contributed by atoms with van der Waals surface area (Å²) >= 11 is 1.32. The molecule has 4 rings (SSSR count). The molecular weight excluding hydrogens is 462 g/mol. The van der Waals surface area contributed by atoms with Gasteiger partial charge in [-0.3, -0.25) is 14.2 Å². The zero-order valence-electron chi connectivity index (χ0n) is 20.5. The molecule has 2 aromatic carbocycles. The third kappa shape index (κ3) is 6.03. The molecule has 0 saturated heterocycles. The van der Waals surface area contributed by atoms with Gasteiger partial charge in [0.15, 0.2) is 11.0 Å². The van der Waals surface area contributed by atoms with E-state index in [9.17, 15) is 9.59 Å². The first-order valence-corrected chi connectivity index (χ1v) is 12.7. The van der Waals surface area contributed by atoms with Crippen LogP contribution in [0.25, 0.3) is 17.1 Å². The van der Waals surface area contributed by atoms with Crippen LogP contribution in [0.15, 0.2) is 53.7 Å². The van der Waals surface area contributed by atoms with E-state index in [0.29, 0.717) is 11.0 Å². The van der Waals surface area contributed by atoms with Gasteiger partial charge >= 0.3 is 0 Å². The smallest absolute Gasteiger partial charge is 0.239 e. The van der Waals surface area contributed by atoms with Gasteiger partial charge in [-0.2, -0.15) is 0 Å². The van der Waals surface area contributed by atoms with Gasteiger partial charge in [0.1, 0.15) is 5.75 Å². The summed E-state index contributed by atoms with van der Waals surface area (Å²) in [5.41, 5.74) is 3.03. The molecule has 3 aromatic rings. The highest BCUT2D eigenvalue weighted by Gasteiger charge is 2.25. The summed E-state index contributed by atoms with van der Waals surface area (Å²) in [5, 5.41) is 12.5. The van der Waals surface area contributed by atoms with Crippen molar-refractivity contribution in [3.63, 3.8) is 0 Å². The Morgan fingerprint density at radius 1 is 1.14 bits per heavy atom. The summed E-state index contributed by atoms with van der Waals surface area (Å²) in [6.45, 7) is 4.35. The lowest BCUT2D eigenvalue weighted by Gasteiger charge is -2.18. The molecule has 2 amide bonds. The summed E-state index contributed by atoms with van der Waals surface area (Å²) in [6.07, 6.45) is 2.03. The van der Waals surface area contributed by atoms with Gasteiger partial charge in [-0.05, 0) is 54.7 Å². The van der Waals surface area contributed by atoms with Gasteiger partial charge in [0.2, 0.25) is 11.8 Å². The number of nitrogens with one attached hydrogen (secondary N) is 1. The summed E-state index contributed by atoms with van der Waals surface area (Å²) in [5.74, 6) is 1.62. The van der Waals surface area contributed by atoms with E-state index >= 15 is 0 Å². The first-order chi connectivity index (χ1) is 16.9. The molecule has 9 heteroatoms. The number of aromatic nitrogens is 3. The number of hydrogen-bond acceptors (Lipinski definition) is 6. The Bertz CT molecular complexity index is 1190. The highest BCUT2D eigenvalue weighted by Crippen LogP contribution is 2.32. The van der Waals surface area contributed by atoms with Crippen LogP contribution in [-0.4, -0.2) is 64.0 Å². The van der Waals surface area contributed by atoms with Crippen LogP contribution in [0.5, 0.6) is 5.75 Å². The van der Waals surface area contributed by atoms with Crippen LogP contribution < -0.4 is 10.1 Å². The van der Waals surface area contributed by atoms with Crippen molar-refractivity contribution in [1.29, 1.82) is 0 Å². The average molecular weight is 494 g/mol. The Balaban J connectivity index is 1.60. The number of likely N-dealkylation sites (N-methyl/N-ethyl adjacent to an activating group) is 1. The van der Waals surface area contributed by atoms with Crippen molar-refractivity contribution in [3.05, 3.63) is 54.1 Å². The lowest BCUT2D eigenvalue weighted by molar-refractivity contribution is -0.132. The number of carbonyl (C=O) groups excluding carboxylic acids is 2. The highest BCUT2D eigenvalue weighted by molar-refractivity contribution is 7.99. The molecule has 0 unspecified atom stereocenters. The Hall–Kier alpha value is -3.33. The maximum atomic E-state index is 12.8. The van der Waals surface area contributed by atoms with Crippen LogP contribution in [0.3, 0.4) is 0 Å². The minimum atomic E-state index is -0.140. The molecule has 0 atom stereocenters. The number of ether oxygens (including phenoxy) is 1. The molecule has 184 valence electrons. The Morgan fingerprint density at radius 2 is 1.86 bits per heavy atom. The predicted molar refractivity (Wildman–Crippen MR) is 137 cm³/mol. The second-order valence-electron chi connectivity index (χ2n) is 8.96. The van der Waals surface area contributed by atoms with E-state index in [2.05, 4.69) is 35.4 Å². The molecule has 1 fully saturated rings. The molecule has 0 radical (unpaired) electrons. The normalized spacial score (nSPS) is 13.1. The van der Waals surface area contributed by atoms with E-state index < -0.39 is 0 Å². The first kappa shape index (κ1) is 24.8. The number of methoxy groups -OCH3 is 1. The fourth-order valence-electron chi connectivity index (χ4n) is 3.73. The van der Waals surface area contributed by atoms with E-state index in [1.807, 2.05) is 47.0 Å². The van der Waals surface area contributed by atoms with E-state index in [4.69, 9.17) is 4.74 Å². The fourth-order valence-corrected chi connectivity index (χ4v) is 4.61. The second kappa shape index (κ2) is 10.9. The van der Waals surface area contributed by atoms with Gasteiger partial charge in [0, 0.05) is 18.7 Å². The number of nitrogens with zero attached hydrogens (tertiary/aromatic N) is 4. The van der Waals surface area contributed by atoms with E-state index in [1.165, 1.54) is 16.7 Å². The van der Waals surface area contributed by atoms with Crippen LogP contribution in [0.4, 0.5) is 0 Å². The first-order valence-electron chi connectivity index (χ1n) is 11.7. The van der Waals surface area contributed by atoms with Crippen molar-refractivity contribution in [2.24, 2.45) is 0 Å². The largest absolute Gasteiger partial charge is 0.497 e. The molecule has 0 bridgehead atoms. The van der Waals surface area contributed by atoms with Gasteiger partial charge in [0.25, 0.3) is 0 Å². The van der Waals surface area contributed by atoms with Gasteiger partial charge in [0.05, 0.1) is 25.1 Å². The predicted octanol–water partition coefficient (Wildman–Crippen LogP) is 3.90. The highest BCUT2D eigenvalue weighted by atomic mass is 32.2. The number of benzene rings is 2. The monoisotopic (exact) mass is 493 g/mol. The molecule has 1 aliphatic rings. The van der Waals surface area contributed by atoms with Crippen molar-refractivity contribution in [3.8, 4) is 22.8 Å². The van der Waals surface area contributed by atoms with Crippen molar-refractivity contribution in [2.75, 3.05) is 26.5 Å². The number of para-hydroxylation sites is 1. The Morgan fingerprint density at radius 3 is 2.51 bits per heavy atom. The van der Waals surface area contributed by atoms with Crippen LogP contribution in [0, 0.1) is 0 Å². The molecule has 1 N–H and O–H groups in total. The standard InChI is InChI=1S/C26H31N5O3S/c1-17(2)21-7-5-6-8-22(21)31-25(18-9-13-20(34-4)14-10-18)28-29-26(31)35-16-24(33)30(3)15-23(32)27-19-11-12-19/h5-10,13-14,17,19H,11-12,15-16H2,1-4H3,(H,27,32). The summed E-state index contributed by atoms with van der Waals surface area (Å²) in [7, 11) is 3.28. The summed E-state index contributed by atoms with van der Waals surface area (Å²) < 4.78 is 7.31. The topological polar surface area (TPSA) is 89.4 Å². The lowest BCUT2D eigenvalue weighted by atomic mass is 10.0. The molecule has 35 heavy (non-hydrogen) atoms. The fraction of sp³-hybridized carbons (Fsp3) is 0.385. The van der Waals surface area contributed by atoms with Gasteiger partial charge in [-0.25, -0.2) is 0 Å². The zero-order chi connectivity index (χ0) is 24.9. The van der Waals surface area contributed by atoms with E-state index in [-0.39, 0.29) is 36.1 Å². The Kier molecular flexibility index (Phi) is 7.75. The van der Waals surface area contributed by atoms with Gasteiger partial charge in [-0.1, -0.05) is 43.8 Å². The maximum Gasteiger partial charge on any atom is 0.239 e. The summed E-state index contributed by atoms with van der Waals surface area (Å²) in [6, 6.07) is 16.1. The van der Waals surface area contributed by atoms with Gasteiger partial charge in [-0.15, -0.1) is 10.2 Å². The molecular formula is C26H31N5O3S. The minimum Gasteiger partial charge on any atom is -0.497 e. The van der Waals surface area contributed by atoms with Crippen LogP contribution >= 0.6 is 11.8 Å². The van der Waals surface area contributed by atoms with Crippen LogP contribution in [-0.2, 0) is 9.59 Å². The number of hydrogen-bond donors (Lipinski definition) is 1. The third-order valence-corrected chi connectivity index (χ3v) is 6.77. The maximum absolute atomic E-state index is 12.8. The van der Waals surface area contributed by atoms with Crippen molar-refractivity contribution in [2.45, 2.75) is 43.8 Å². The molecule has 0 spiro atoms. The molecule has 1 heterocycles. The quantitative estimate of drug-likeness (QED) is 0.431. The molecule has 8 nitrogen and oxygen atoms in total. The van der Waals surface area contributed by atoms with E-state index in [0.717, 1.165) is 35.4 Å². The molecule has 1 saturated carbocycles. The number of amides is 2. The SMILES string of the molecule is COc1ccc(-c2nnc(SCC(=O)N(C)CC(=O)NC3CC3)n2-c2ccccc2C(C)C)cc1. The van der Waals surface area contributed by atoms with Crippen molar-refractivity contribution < 1.29 is 14.3 Å². The Labute approximate surface area is 210 Å². The van der Waals surface area contributed by atoms with Crippen LogP contribution in [0.2, 0.25) is 0 Å². The zero-order valence-corrected chi connectivity index (χ0v) is 21.3. The van der Waals surface area contributed by atoms with Crippen LogP contribution in [0.1, 0.15) is 38.2 Å². The van der Waals surface area contributed by atoms with Crippen molar-refractivity contribution in [1.82, 2.24) is 25.0 Å². The molecule has 0 aliphatic heterocycles. The lowest BCUT2D eigenvalue weighted by Crippen LogP contribution is -2.39. The molecule has 1 aromatic heterocycles. The number of carbonyl (C=O) groups is 2. The summed E-state index contributed by atoms with van der Waals surface area (Å²) in [4.78, 5) is 26.3.